The van der Waals surface area contributed by atoms with Crippen molar-refractivity contribution in [1.82, 2.24) is 5.32 Å². The molecule has 0 aromatic rings. The normalized spacial score (nSPS) is 25.9. The van der Waals surface area contributed by atoms with Crippen molar-refractivity contribution in [2.24, 2.45) is 5.92 Å². The zero-order valence-corrected chi connectivity index (χ0v) is 6.22. The topological polar surface area (TPSA) is 12.0 Å². The molecule has 0 aromatic heterocycles. The zero-order valence-electron chi connectivity index (χ0n) is 6.22. The van der Waals surface area contributed by atoms with Gasteiger partial charge in [0.1, 0.15) is 0 Å². The highest BCUT2D eigenvalue weighted by Crippen LogP contribution is 2.07. The molecule has 1 heterocycles. The zero-order chi connectivity index (χ0) is 6.69. The average molecular weight is 127 g/mol. The lowest BCUT2D eigenvalue weighted by Gasteiger charge is -2.10. The maximum Gasteiger partial charge on any atom is 0.0255 e. The van der Waals surface area contributed by atoms with Crippen LogP contribution in [0.5, 0.6) is 0 Å². The van der Waals surface area contributed by atoms with Crippen molar-refractivity contribution in [3.05, 3.63) is 12.2 Å². The van der Waals surface area contributed by atoms with E-state index in [4.69, 9.17) is 0 Å². The minimum Gasteiger partial charge on any atom is -0.307 e. The SMILES string of the molecule is CC(C)CC1C=CCN1.[HH]. The second-order valence-electron chi connectivity index (χ2n) is 3.07. The van der Waals surface area contributed by atoms with E-state index in [9.17, 15) is 0 Å². The van der Waals surface area contributed by atoms with Crippen LogP contribution in [-0.2, 0) is 0 Å². The number of nitrogens with one attached hydrogen (secondary N) is 1. The van der Waals surface area contributed by atoms with Gasteiger partial charge in [0.15, 0.2) is 0 Å². The third-order valence-corrected chi connectivity index (χ3v) is 1.59. The van der Waals surface area contributed by atoms with Gasteiger partial charge in [-0.05, 0) is 12.3 Å². The van der Waals surface area contributed by atoms with Crippen molar-refractivity contribution in [3.63, 3.8) is 0 Å². The fourth-order valence-corrected chi connectivity index (χ4v) is 1.19. The van der Waals surface area contributed by atoms with E-state index >= 15 is 0 Å². The first-order valence-corrected chi connectivity index (χ1v) is 3.69. The Balaban J connectivity index is 0.000000810. The highest BCUT2D eigenvalue weighted by molar-refractivity contribution is 5.01. The minimum absolute atomic E-state index is 0. The molecule has 0 aromatic carbocycles. The van der Waals surface area contributed by atoms with Crippen molar-refractivity contribution >= 4 is 0 Å². The van der Waals surface area contributed by atoms with Gasteiger partial charge in [0, 0.05) is 14.0 Å². The first-order valence-electron chi connectivity index (χ1n) is 3.69. The number of hydrogen-bond acceptors (Lipinski definition) is 1. The van der Waals surface area contributed by atoms with Crippen molar-refractivity contribution in [3.8, 4) is 0 Å². The molecule has 0 radical (unpaired) electrons. The third-order valence-electron chi connectivity index (χ3n) is 1.59. The van der Waals surface area contributed by atoms with Gasteiger partial charge in [0.25, 0.3) is 0 Å². The van der Waals surface area contributed by atoms with E-state index in [0.717, 1.165) is 12.5 Å². The van der Waals surface area contributed by atoms with Crippen LogP contribution in [0.3, 0.4) is 0 Å². The molecule has 9 heavy (non-hydrogen) atoms. The predicted octanol–water partition coefficient (Wildman–Crippen LogP) is 1.81. The fraction of sp³-hybridized carbons (Fsp3) is 0.750. The van der Waals surface area contributed by atoms with Crippen molar-refractivity contribution in [1.29, 1.82) is 0 Å². The summed E-state index contributed by atoms with van der Waals surface area (Å²) in [7, 11) is 0. The molecule has 1 nitrogen and oxygen atoms in total. The summed E-state index contributed by atoms with van der Waals surface area (Å²) >= 11 is 0. The molecule has 0 saturated carbocycles. The van der Waals surface area contributed by atoms with E-state index < -0.39 is 0 Å². The van der Waals surface area contributed by atoms with Crippen LogP contribution >= 0.6 is 0 Å². The number of hydrogen-bond donors (Lipinski definition) is 1. The van der Waals surface area contributed by atoms with Gasteiger partial charge in [0.2, 0.25) is 0 Å². The summed E-state index contributed by atoms with van der Waals surface area (Å²) in [6, 6.07) is 0.657. The Bertz CT molecular complexity index is 110. The number of rotatable bonds is 2. The Morgan fingerprint density at radius 2 is 2.56 bits per heavy atom. The highest BCUT2D eigenvalue weighted by Gasteiger charge is 2.08. The van der Waals surface area contributed by atoms with Gasteiger partial charge in [-0.2, -0.15) is 0 Å². The molecule has 1 unspecified atom stereocenters. The van der Waals surface area contributed by atoms with Crippen LogP contribution in [-0.4, -0.2) is 12.6 Å². The van der Waals surface area contributed by atoms with Gasteiger partial charge in [-0.15, -0.1) is 0 Å². The fourth-order valence-electron chi connectivity index (χ4n) is 1.19. The Labute approximate surface area is 58.6 Å². The average Bonchev–Trinajstić information content (AvgIpc) is 2.15. The molecular formula is C8H17N. The summed E-state index contributed by atoms with van der Waals surface area (Å²) in [4.78, 5) is 0. The Kier molecular flexibility index (Phi) is 2.29. The molecule has 1 aliphatic heterocycles. The standard InChI is InChI=1S/C8H15N.H2/c1-7(2)6-8-4-3-5-9-8;/h3-4,7-9H,5-6H2,1-2H3;1H. The molecular weight excluding hydrogens is 110 g/mol. The summed E-state index contributed by atoms with van der Waals surface area (Å²) in [5.41, 5.74) is 0. The van der Waals surface area contributed by atoms with Crippen LogP contribution in [0.25, 0.3) is 0 Å². The quantitative estimate of drug-likeness (QED) is 0.558. The maximum absolute atomic E-state index is 3.38. The van der Waals surface area contributed by atoms with Crippen LogP contribution in [0.2, 0.25) is 0 Å². The second kappa shape index (κ2) is 3.02. The Hall–Kier alpha value is -0.300. The lowest BCUT2D eigenvalue weighted by atomic mass is 10.1. The smallest absolute Gasteiger partial charge is 0.0255 e. The molecule has 0 fully saturated rings. The van der Waals surface area contributed by atoms with E-state index in [1.807, 2.05) is 0 Å². The van der Waals surface area contributed by atoms with Crippen LogP contribution in [0, 0.1) is 5.92 Å². The van der Waals surface area contributed by atoms with Gasteiger partial charge in [-0.3, -0.25) is 0 Å². The van der Waals surface area contributed by atoms with Gasteiger partial charge < -0.3 is 5.32 Å². The van der Waals surface area contributed by atoms with Crippen molar-refractivity contribution in [2.75, 3.05) is 6.54 Å². The van der Waals surface area contributed by atoms with Crippen molar-refractivity contribution in [2.45, 2.75) is 26.3 Å². The molecule has 0 spiro atoms. The molecule has 0 bridgehead atoms. The molecule has 0 amide bonds. The molecule has 1 rings (SSSR count). The van der Waals surface area contributed by atoms with E-state index in [2.05, 4.69) is 31.3 Å². The van der Waals surface area contributed by atoms with Crippen molar-refractivity contribution < 1.29 is 1.43 Å². The van der Waals surface area contributed by atoms with Gasteiger partial charge in [-0.25, -0.2) is 0 Å². The van der Waals surface area contributed by atoms with Crippen LogP contribution in [0.15, 0.2) is 12.2 Å². The Morgan fingerprint density at radius 1 is 1.78 bits per heavy atom. The van der Waals surface area contributed by atoms with E-state index in [-0.39, 0.29) is 1.43 Å². The maximum atomic E-state index is 3.38. The molecule has 0 aliphatic carbocycles. The lowest BCUT2D eigenvalue weighted by Crippen LogP contribution is -2.23. The van der Waals surface area contributed by atoms with Crippen LogP contribution in [0.4, 0.5) is 0 Å². The van der Waals surface area contributed by atoms with Gasteiger partial charge in [0.05, 0.1) is 0 Å². The lowest BCUT2D eigenvalue weighted by molar-refractivity contribution is 0.502. The summed E-state index contributed by atoms with van der Waals surface area (Å²) in [6.07, 6.45) is 5.74. The van der Waals surface area contributed by atoms with E-state index in [1.54, 1.807) is 0 Å². The monoisotopic (exact) mass is 127 g/mol. The molecule has 1 N–H and O–H groups in total. The van der Waals surface area contributed by atoms with Gasteiger partial charge >= 0.3 is 0 Å². The predicted molar refractivity (Wildman–Crippen MR) is 42.5 cm³/mol. The third kappa shape index (κ3) is 2.19. The molecule has 0 saturated heterocycles. The minimum atomic E-state index is 0. The summed E-state index contributed by atoms with van der Waals surface area (Å²) in [6.45, 7) is 5.58. The molecule has 1 atom stereocenters. The van der Waals surface area contributed by atoms with Gasteiger partial charge in [-0.1, -0.05) is 26.0 Å². The first-order chi connectivity index (χ1) is 4.29. The van der Waals surface area contributed by atoms with E-state index in [0.29, 0.717) is 6.04 Å². The largest absolute Gasteiger partial charge is 0.307 e. The second-order valence-corrected chi connectivity index (χ2v) is 3.07. The summed E-state index contributed by atoms with van der Waals surface area (Å²) < 4.78 is 0. The van der Waals surface area contributed by atoms with E-state index in [1.165, 1.54) is 6.42 Å². The molecule has 54 valence electrons. The van der Waals surface area contributed by atoms with Crippen LogP contribution in [0.1, 0.15) is 21.7 Å². The first kappa shape index (κ1) is 6.81. The summed E-state index contributed by atoms with van der Waals surface area (Å²) in [5, 5.41) is 3.38. The molecule has 1 heteroatoms. The van der Waals surface area contributed by atoms with Crippen LogP contribution < -0.4 is 5.32 Å². The summed E-state index contributed by atoms with van der Waals surface area (Å²) in [5.74, 6) is 0.810. The Morgan fingerprint density at radius 3 is 3.00 bits per heavy atom. The molecule has 1 aliphatic rings. The highest BCUT2D eigenvalue weighted by atomic mass is 14.9.